The Balaban J connectivity index is 1.66. The van der Waals surface area contributed by atoms with Crippen molar-refractivity contribution in [2.75, 3.05) is 38.6 Å². The van der Waals surface area contributed by atoms with Gasteiger partial charge in [0.05, 0.1) is 36.7 Å². The van der Waals surface area contributed by atoms with Crippen molar-refractivity contribution in [1.29, 1.82) is 0 Å². The maximum Gasteiger partial charge on any atom is 0.289 e. The molecule has 1 aliphatic rings. The number of pyridine rings is 1. The van der Waals surface area contributed by atoms with Gasteiger partial charge in [-0.1, -0.05) is 43.3 Å². The highest BCUT2D eigenvalue weighted by Crippen LogP contribution is 2.16. The number of rotatable bonds is 14. The van der Waals surface area contributed by atoms with Crippen LogP contribution in [0.4, 0.5) is 0 Å². The third kappa shape index (κ3) is 9.83. The summed E-state index contributed by atoms with van der Waals surface area (Å²) in [5.41, 5.74) is 1.31. The number of nitrogens with zero attached hydrogens (tertiary/aromatic N) is 2. The molecule has 0 saturated carbocycles. The number of sulfone groups is 1. The number of hydrogen-bond acceptors (Lipinski definition) is 8. The molecule has 2 heterocycles. The van der Waals surface area contributed by atoms with E-state index in [1.807, 2.05) is 6.07 Å². The second kappa shape index (κ2) is 15.2. The van der Waals surface area contributed by atoms with Crippen molar-refractivity contribution >= 4 is 33.3 Å². The smallest absolute Gasteiger partial charge is 0.289 e. The summed E-state index contributed by atoms with van der Waals surface area (Å²) in [6.07, 6.45) is 1.82. The molecule has 1 aliphatic heterocycles. The minimum atomic E-state index is -3.80. The maximum absolute atomic E-state index is 13.3. The van der Waals surface area contributed by atoms with Crippen LogP contribution in [-0.2, 0) is 45.9 Å². The molecule has 1 aromatic carbocycles. The van der Waals surface area contributed by atoms with Gasteiger partial charge in [-0.05, 0) is 24.1 Å². The summed E-state index contributed by atoms with van der Waals surface area (Å²) in [7, 11) is -3.80. The van der Waals surface area contributed by atoms with Crippen molar-refractivity contribution in [1.82, 2.24) is 20.5 Å². The number of ketones is 1. The molecule has 3 rings (SSSR count). The van der Waals surface area contributed by atoms with Gasteiger partial charge in [0.25, 0.3) is 5.91 Å². The fourth-order valence-corrected chi connectivity index (χ4v) is 6.01. The monoisotopic (exact) mass is 572 g/mol. The second-order valence-electron chi connectivity index (χ2n) is 9.60. The number of amides is 3. The Bertz CT molecular complexity index is 1250. The van der Waals surface area contributed by atoms with Crippen LogP contribution in [-0.4, -0.2) is 86.4 Å². The summed E-state index contributed by atoms with van der Waals surface area (Å²) in [5.74, 6) is -4.95. The van der Waals surface area contributed by atoms with Gasteiger partial charge in [-0.15, -0.1) is 0 Å². The largest absolute Gasteiger partial charge is 0.378 e. The van der Waals surface area contributed by atoms with E-state index < -0.39 is 45.1 Å². The summed E-state index contributed by atoms with van der Waals surface area (Å²) >= 11 is 0. The summed E-state index contributed by atoms with van der Waals surface area (Å²) < 4.78 is 31.4. The van der Waals surface area contributed by atoms with E-state index in [9.17, 15) is 27.6 Å². The van der Waals surface area contributed by atoms with Crippen molar-refractivity contribution in [3.8, 4) is 0 Å². The first kappa shape index (κ1) is 30.9. The van der Waals surface area contributed by atoms with E-state index >= 15 is 0 Å². The molecule has 2 aromatic rings. The van der Waals surface area contributed by atoms with Gasteiger partial charge in [0.2, 0.25) is 17.6 Å². The number of carbonyl (C=O) groups excluding carboxylic acids is 4. The van der Waals surface area contributed by atoms with Gasteiger partial charge >= 0.3 is 0 Å². The van der Waals surface area contributed by atoms with E-state index in [0.29, 0.717) is 38.3 Å². The third-order valence-corrected chi connectivity index (χ3v) is 8.18. The van der Waals surface area contributed by atoms with E-state index in [1.165, 1.54) is 4.90 Å². The summed E-state index contributed by atoms with van der Waals surface area (Å²) in [4.78, 5) is 57.3. The third-order valence-electron chi connectivity index (χ3n) is 6.50. The molecule has 11 nitrogen and oxygen atoms in total. The molecule has 1 aromatic heterocycles. The zero-order valence-corrected chi connectivity index (χ0v) is 23.4. The van der Waals surface area contributed by atoms with E-state index in [1.54, 1.807) is 55.6 Å². The normalized spacial score (nSPS) is 15.1. The fraction of sp³-hybridized carbons (Fsp3) is 0.464. The predicted octanol–water partition coefficient (Wildman–Crippen LogP) is 0.684. The number of benzene rings is 1. The topological polar surface area (TPSA) is 152 Å². The number of ether oxygens (including phenoxy) is 1. The zero-order chi connectivity index (χ0) is 29.0. The van der Waals surface area contributed by atoms with Crippen LogP contribution in [0.5, 0.6) is 0 Å². The Kier molecular flexibility index (Phi) is 11.8. The SMILES string of the molecule is CC[C@H](NC(=O)C(CC(=O)N1CCOCC1)CS(=O)(=O)Cc1ccccc1)C(=O)C(=O)NCCc1ccccn1. The highest BCUT2D eigenvalue weighted by molar-refractivity contribution is 7.90. The van der Waals surface area contributed by atoms with Crippen LogP contribution in [0.3, 0.4) is 0 Å². The van der Waals surface area contributed by atoms with Crippen LogP contribution >= 0.6 is 0 Å². The van der Waals surface area contributed by atoms with Gasteiger partial charge in [0, 0.05) is 44.4 Å². The number of nitrogens with one attached hydrogen (secondary N) is 2. The molecule has 0 bridgehead atoms. The molecule has 1 fully saturated rings. The van der Waals surface area contributed by atoms with Crippen LogP contribution in [0, 0.1) is 5.92 Å². The predicted molar refractivity (Wildman–Crippen MR) is 148 cm³/mol. The van der Waals surface area contributed by atoms with E-state index in [4.69, 9.17) is 4.74 Å². The Morgan fingerprint density at radius 2 is 1.73 bits per heavy atom. The molecule has 12 heteroatoms. The van der Waals surface area contributed by atoms with Crippen LogP contribution in [0.2, 0.25) is 0 Å². The lowest BCUT2D eigenvalue weighted by molar-refractivity contribution is -0.141. The number of Topliss-reactive ketones (excluding diaryl/α,β-unsaturated/α-hetero) is 1. The molecular formula is C28H36N4O7S. The van der Waals surface area contributed by atoms with E-state index in [-0.39, 0.29) is 31.0 Å². The molecule has 0 radical (unpaired) electrons. The number of aromatic nitrogens is 1. The Hall–Kier alpha value is -3.64. The Labute approximate surface area is 234 Å². The maximum atomic E-state index is 13.3. The van der Waals surface area contributed by atoms with Crippen molar-refractivity contribution in [3.63, 3.8) is 0 Å². The molecule has 216 valence electrons. The van der Waals surface area contributed by atoms with Crippen molar-refractivity contribution in [2.24, 2.45) is 5.92 Å². The van der Waals surface area contributed by atoms with Crippen LogP contribution in [0.15, 0.2) is 54.7 Å². The summed E-state index contributed by atoms with van der Waals surface area (Å²) in [5, 5.41) is 5.07. The minimum Gasteiger partial charge on any atom is -0.378 e. The molecule has 1 unspecified atom stereocenters. The minimum absolute atomic E-state index is 0.110. The number of hydrogen-bond donors (Lipinski definition) is 2. The van der Waals surface area contributed by atoms with Crippen molar-refractivity contribution < 1.29 is 32.3 Å². The first-order valence-corrected chi connectivity index (χ1v) is 15.1. The molecule has 40 heavy (non-hydrogen) atoms. The van der Waals surface area contributed by atoms with Gasteiger partial charge in [-0.25, -0.2) is 8.42 Å². The van der Waals surface area contributed by atoms with Crippen LogP contribution in [0.25, 0.3) is 0 Å². The summed E-state index contributed by atoms with van der Waals surface area (Å²) in [6, 6.07) is 12.8. The Morgan fingerprint density at radius 3 is 2.38 bits per heavy atom. The first-order valence-electron chi connectivity index (χ1n) is 13.3. The average molecular weight is 573 g/mol. The first-order chi connectivity index (χ1) is 19.2. The molecular weight excluding hydrogens is 536 g/mol. The highest BCUT2D eigenvalue weighted by Gasteiger charge is 2.33. The molecule has 0 aliphatic carbocycles. The quantitative estimate of drug-likeness (QED) is 0.314. The summed E-state index contributed by atoms with van der Waals surface area (Å²) in [6.45, 7) is 3.22. The lowest BCUT2D eigenvalue weighted by Gasteiger charge is -2.28. The lowest BCUT2D eigenvalue weighted by Crippen LogP contribution is -2.50. The van der Waals surface area contributed by atoms with E-state index in [0.717, 1.165) is 5.69 Å². The van der Waals surface area contributed by atoms with Gasteiger partial charge < -0.3 is 20.3 Å². The zero-order valence-electron chi connectivity index (χ0n) is 22.6. The number of carbonyl (C=O) groups is 4. The van der Waals surface area contributed by atoms with Crippen LogP contribution < -0.4 is 10.6 Å². The molecule has 0 spiro atoms. The van der Waals surface area contributed by atoms with Crippen molar-refractivity contribution in [2.45, 2.75) is 38.0 Å². The molecule has 3 amide bonds. The second-order valence-corrected chi connectivity index (χ2v) is 11.7. The molecule has 1 saturated heterocycles. The standard InChI is InChI=1S/C28H36N4O7S/c1-2-24(26(34)28(36)30-13-11-23-10-6-7-12-29-23)31-27(35)22(18-25(33)32-14-16-39-17-15-32)20-40(37,38)19-21-8-4-3-5-9-21/h3-10,12,22,24H,2,11,13-20H2,1H3,(H,30,36)(H,31,35)/t22?,24-/m0/s1. The van der Waals surface area contributed by atoms with Gasteiger partial charge in [-0.2, -0.15) is 0 Å². The van der Waals surface area contributed by atoms with Gasteiger partial charge in [0.15, 0.2) is 9.84 Å². The Morgan fingerprint density at radius 1 is 1.02 bits per heavy atom. The molecule has 2 atom stereocenters. The van der Waals surface area contributed by atoms with Gasteiger partial charge in [0.1, 0.15) is 0 Å². The molecule has 2 N–H and O–H groups in total. The average Bonchev–Trinajstić information content (AvgIpc) is 2.96. The van der Waals surface area contributed by atoms with Crippen LogP contribution in [0.1, 0.15) is 31.0 Å². The van der Waals surface area contributed by atoms with Crippen molar-refractivity contribution in [3.05, 3.63) is 66.0 Å². The number of morpholine rings is 1. The fourth-order valence-electron chi connectivity index (χ4n) is 4.31. The lowest BCUT2D eigenvalue weighted by atomic mass is 10.0. The van der Waals surface area contributed by atoms with Gasteiger partial charge in [-0.3, -0.25) is 24.2 Å². The highest BCUT2D eigenvalue weighted by atomic mass is 32.2. The van der Waals surface area contributed by atoms with E-state index in [2.05, 4.69) is 15.6 Å².